The van der Waals surface area contributed by atoms with E-state index in [9.17, 15) is 0 Å². The second-order valence-electron chi connectivity index (χ2n) is 4.21. The lowest BCUT2D eigenvalue weighted by atomic mass is 10.1. The quantitative estimate of drug-likeness (QED) is 0.703. The first-order chi connectivity index (χ1) is 7.77. The van der Waals surface area contributed by atoms with E-state index in [0.717, 1.165) is 25.7 Å². The number of likely N-dealkylation sites (N-methyl/N-ethyl adjacent to an activating group) is 1. The molecule has 0 aliphatic rings. The van der Waals surface area contributed by atoms with Gasteiger partial charge >= 0.3 is 0 Å². The molecule has 3 heteroatoms. The minimum atomic E-state index is 0.739. The Labute approximate surface area is 104 Å². The van der Waals surface area contributed by atoms with Crippen LogP contribution in [-0.2, 0) is 6.54 Å². The lowest BCUT2D eigenvalue weighted by molar-refractivity contribution is 0.230. The van der Waals surface area contributed by atoms with Crippen LogP contribution in [0.25, 0.3) is 0 Å². The van der Waals surface area contributed by atoms with Crippen molar-refractivity contribution in [3.8, 4) is 0 Å². The molecule has 1 heterocycles. The molecule has 0 atom stereocenters. The zero-order chi connectivity index (χ0) is 11.8. The van der Waals surface area contributed by atoms with Gasteiger partial charge in [0.15, 0.2) is 0 Å². The predicted octanol–water partition coefficient (Wildman–Crippen LogP) is 2.96. The van der Waals surface area contributed by atoms with Gasteiger partial charge in [0.25, 0.3) is 0 Å². The fourth-order valence-electron chi connectivity index (χ4n) is 1.97. The molecule has 0 aliphatic heterocycles. The maximum absolute atomic E-state index is 3.49. The van der Waals surface area contributed by atoms with E-state index in [-0.39, 0.29) is 0 Å². The molecular weight excluding hydrogens is 216 g/mol. The summed E-state index contributed by atoms with van der Waals surface area (Å²) in [5, 5.41) is 5.62. The minimum Gasteiger partial charge on any atom is -0.311 e. The number of thiophene rings is 1. The number of rotatable bonds is 8. The Hall–Kier alpha value is -0.380. The number of nitrogens with zero attached hydrogens (tertiary/aromatic N) is 1. The van der Waals surface area contributed by atoms with Gasteiger partial charge in [0.2, 0.25) is 0 Å². The third-order valence-corrected chi connectivity index (χ3v) is 3.96. The molecular formula is C13H24N2S. The van der Waals surface area contributed by atoms with Crippen LogP contribution >= 0.6 is 11.3 Å². The van der Waals surface area contributed by atoms with Gasteiger partial charge in [-0.25, -0.2) is 0 Å². The summed E-state index contributed by atoms with van der Waals surface area (Å²) in [5.74, 6) is 0. The molecule has 0 spiro atoms. The van der Waals surface area contributed by atoms with Crippen LogP contribution in [0.4, 0.5) is 0 Å². The van der Waals surface area contributed by atoms with Crippen molar-refractivity contribution < 1.29 is 0 Å². The normalized spacial score (nSPS) is 11.6. The van der Waals surface area contributed by atoms with Crippen molar-refractivity contribution in [2.75, 3.05) is 20.1 Å². The van der Waals surface area contributed by atoms with Crippen LogP contribution < -0.4 is 5.32 Å². The summed E-state index contributed by atoms with van der Waals surface area (Å²) in [4.78, 5) is 3.88. The topological polar surface area (TPSA) is 15.3 Å². The second-order valence-corrected chi connectivity index (χ2v) is 5.24. The SMILES string of the molecule is CCC(CC)N(C)CCNCc1cccs1. The van der Waals surface area contributed by atoms with Crippen molar-refractivity contribution in [1.29, 1.82) is 0 Å². The molecule has 0 saturated carbocycles. The third kappa shape index (κ3) is 4.64. The van der Waals surface area contributed by atoms with E-state index >= 15 is 0 Å². The molecule has 1 N–H and O–H groups in total. The third-order valence-electron chi connectivity index (χ3n) is 3.09. The van der Waals surface area contributed by atoms with Crippen molar-refractivity contribution in [2.24, 2.45) is 0 Å². The second kappa shape index (κ2) is 7.82. The molecule has 92 valence electrons. The summed E-state index contributed by atoms with van der Waals surface area (Å²) in [6, 6.07) is 5.03. The number of hydrogen-bond acceptors (Lipinski definition) is 3. The molecule has 16 heavy (non-hydrogen) atoms. The molecule has 1 aromatic heterocycles. The number of nitrogens with one attached hydrogen (secondary N) is 1. The molecule has 1 aromatic rings. The van der Waals surface area contributed by atoms with Gasteiger partial charge in [-0.1, -0.05) is 19.9 Å². The fraction of sp³-hybridized carbons (Fsp3) is 0.692. The van der Waals surface area contributed by atoms with Gasteiger partial charge in [-0.2, -0.15) is 0 Å². The lowest BCUT2D eigenvalue weighted by Crippen LogP contribution is -2.36. The standard InChI is InChI=1S/C13H24N2S/c1-4-12(5-2)15(3)9-8-14-11-13-7-6-10-16-13/h6-7,10,12,14H,4-5,8-9,11H2,1-3H3. The molecule has 0 bridgehead atoms. The van der Waals surface area contributed by atoms with E-state index in [1.807, 2.05) is 11.3 Å². The van der Waals surface area contributed by atoms with Crippen molar-refractivity contribution in [3.05, 3.63) is 22.4 Å². The highest BCUT2D eigenvalue weighted by atomic mass is 32.1. The summed E-state index contributed by atoms with van der Waals surface area (Å²) in [7, 11) is 2.23. The Morgan fingerprint density at radius 2 is 2.12 bits per heavy atom. The first-order valence-corrected chi connectivity index (χ1v) is 7.09. The van der Waals surface area contributed by atoms with Crippen LogP contribution in [0.1, 0.15) is 31.6 Å². The van der Waals surface area contributed by atoms with E-state index in [1.54, 1.807) is 0 Å². The van der Waals surface area contributed by atoms with Gasteiger partial charge in [-0.05, 0) is 31.3 Å². The highest BCUT2D eigenvalue weighted by Crippen LogP contribution is 2.07. The molecule has 0 radical (unpaired) electrons. The Morgan fingerprint density at radius 3 is 2.69 bits per heavy atom. The molecule has 0 fully saturated rings. The fourth-order valence-corrected chi connectivity index (χ4v) is 2.65. The summed E-state index contributed by atoms with van der Waals surface area (Å²) in [5.41, 5.74) is 0. The van der Waals surface area contributed by atoms with Crippen LogP contribution in [0.5, 0.6) is 0 Å². The zero-order valence-corrected chi connectivity index (χ0v) is 11.5. The zero-order valence-electron chi connectivity index (χ0n) is 10.7. The Balaban J connectivity index is 2.10. The maximum atomic E-state index is 3.49. The predicted molar refractivity (Wildman–Crippen MR) is 73.0 cm³/mol. The molecule has 0 saturated heterocycles. The van der Waals surface area contributed by atoms with Crippen molar-refractivity contribution in [2.45, 2.75) is 39.3 Å². The first-order valence-electron chi connectivity index (χ1n) is 6.21. The highest BCUT2D eigenvalue weighted by molar-refractivity contribution is 7.09. The lowest BCUT2D eigenvalue weighted by Gasteiger charge is -2.25. The van der Waals surface area contributed by atoms with Crippen molar-refractivity contribution >= 4 is 11.3 Å². The number of hydrogen-bond donors (Lipinski definition) is 1. The Morgan fingerprint density at radius 1 is 1.38 bits per heavy atom. The van der Waals surface area contributed by atoms with Gasteiger partial charge in [0.05, 0.1) is 0 Å². The van der Waals surface area contributed by atoms with E-state index in [1.165, 1.54) is 17.7 Å². The Bertz CT molecular complexity index is 255. The van der Waals surface area contributed by atoms with E-state index in [4.69, 9.17) is 0 Å². The van der Waals surface area contributed by atoms with Crippen LogP contribution in [0.3, 0.4) is 0 Å². The summed E-state index contributed by atoms with van der Waals surface area (Å²) in [6.07, 6.45) is 2.50. The van der Waals surface area contributed by atoms with Crippen LogP contribution in [0.2, 0.25) is 0 Å². The van der Waals surface area contributed by atoms with Gasteiger partial charge in [-0.15, -0.1) is 11.3 Å². The molecule has 1 rings (SSSR count). The minimum absolute atomic E-state index is 0.739. The molecule has 0 amide bonds. The molecule has 0 aromatic carbocycles. The first kappa shape index (κ1) is 13.7. The van der Waals surface area contributed by atoms with E-state index in [0.29, 0.717) is 0 Å². The van der Waals surface area contributed by atoms with E-state index in [2.05, 4.69) is 48.6 Å². The van der Waals surface area contributed by atoms with Crippen molar-refractivity contribution in [3.63, 3.8) is 0 Å². The van der Waals surface area contributed by atoms with Gasteiger partial charge in [-0.3, -0.25) is 0 Å². The highest BCUT2D eigenvalue weighted by Gasteiger charge is 2.08. The average molecular weight is 240 g/mol. The van der Waals surface area contributed by atoms with Crippen LogP contribution in [0, 0.1) is 0 Å². The largest absolute Gasteiger partial charge is 0.311 e. The van der Waals surface area contributed by atoms with Crippen LogP contribution in [0.15, 0.2) is 17.5 Å². The van der Waals surface area contributed by atoms with E-state index < -0.39 is 0 Å². The van der Waals surface area contributed by atoms with Gasteiger partial charge < -0.3 is 10.2 Å². The van der Waals surface area contributed by atoms with Crippen LogP contribution in [-0.4, -0.2) is 31.1 Å². The monoisotopic (exact) mass is 240 g/mol. The molecule has 0 unspecified atom stereocenters. The molecule has 2 nitrogen and oxygen atoms in total. The summed E-state index contributed by atoms with van der Waals surface area (Å²) < 4.78 is 0. The average Bonchev–Trinajstić information content (AvgIpc) is 2.79. The molecule has 0 aliphatic carbocycles. The summed E-state index contributed by atoms with van der Waals surface area (Å²) >= 11 is 1.82. The van der Waals surface area contributed by atoms with Crippen molar-refractivity contribution in [1.82, 2.24) is 10.2 Å². The Kier molecular flexibility index (Phi) is 6.69. The van der Waals surface area contributed by atoms with Gasteiger partial charge in [0, 0.05) is 30.6 Å². The maximum Gasteiger partial charge on any atom is 0.0300 e. The van der Waals surface area contributed by atoms with Gasteiger partial charge in [0.1, 0.15) is 0 Å². The summed E-state index contributed by atoms with van der Waals surface area (Å²) in [6.45, 7) is 7.75. The smallest absolute Gasteiger partial charge is 0.0300 e.